The SMILES string of the molecule is CSCCC(NC(=O)C(CCC(N)=O)NC(=O)C(N)Cc1c[nH]c2ccccc12)C(=O)NC(CC(N)=O)C(=O)O. The van der Waals surface area contributed by atoms with E-state index in [1.54, 1.807) is 12.5 Å². The molecule has 40 heavy (non-hydrogen) atoms. The fourth-order valence-electron chi connectivity index (χ4n) is 3.91. The molecule has 11 N–H and O–H groups in total. The van der Waals surface area contributed by atoms with Gasteiger partial charge in [-0.25, -0.2) is 4.79 Å². The summed E-state index contributed by atoms with van der Waals surface area (Å²) in [5.74, 6) is -5.01. The number of primary amides is 2. The smallest absolute Gasteiger partial charge is 0.326 e. The molecule has 4 atom stereocenters. The number of fused-ring (bicyclic) bond motifs is 1. The number of aromatic amines is 1. The molecule has 1 heterocycles. The molecule has 0 aliphatic rings. The summed E-state index contributed by atoms with van der Waals surface area (Å²) >= 11 is 1.38. The lowest BCUT2D eigenvalue weighted by atomic mass is 10.0. The summed E-state index contributed by atoms with van der Waals surface area (Å²) < 4.78 is 0. The minimum absolute atomic E-state index is 0.109. The van der Waals surface area contributed by atoms with Gasteiger partial charge >= 0.3 is 5.97 Å². The third-order valence-electron chi connectivity index (χ3n) is 6.03. The minimum atomic E-state index is -1.59. The second kappa shape index (κ2) is 15.5. The zero-order valence-electron chi connectivity index (χ0n) is 22.0. The Labute approximate surface area is 234 Å². The predicted molar refractivity (Wildman–Crippen MR) is 149 cm³/mol. The fraction of sp³-hybridized carbons (Fsp3) is 0.440. The third kappa shape index (κ3) is 9.89. The molecule has 5 amide bonds. The Morgan fingerprint density at radius 3 is 2.10 bits per heavy atom. The molecule has 0 aliphatic heterocycles. The lowest BCUT2D eigenvalue weighted by molar-refractivity contribution is -0.143. The van der Waals surface area contributed by atoms with Crippen LogP contribution in [0, 0.1) is 0 Å². The molecular formula is C25H35N7O7S. The number of hydrogen-bond donors (Lipinski definition) is 8. The predicted octanol–water partition coefficient (Wildman–Crippen LogP) is -1.53. The second-order valence-corrected chi connectivity index (χ2v) is 10.1. The first-order valence-corrected chi connectivity index (χ1v) is 13.8. The molecule has 1 aromatic heterocycles. The van der Waals surface area contributed by atoms with Crippen molar-refractivity contribution < 1.29 is 33.9 Å². The van der Waals surface area contributed by atoms with E-state index < -0.39 is 66.1 Å². The van der Waals surface area contributed by atoms with E-state index in [2.05, 4.69) is 20.9 Å². The number of aliphatic carboxylic acids is 1. The van der Waals surface area contributed by atoms with Crippen LogP contribution in [0.25, 0.3) is 10.9 Å². The van der Waals surface area contributed by atoms with Gasteiger partial charge in [0.15, 0.2) is 0 Å². The summed E-state index contributed by atoms with van der Waals surface area (Å²) in [5, 5.41) is 17.4. The van der Waals surface area contributed by atoms with E-state index in [1.807, 2.05) is 24.3 Å². The van der Waals surface area contributed by atoms with Crippen molar-refractivity contribution in [1.82, 2.24) is 20.9 Å². The van der Waals surface area contributed by atoms with Gasteiger partial charge < -0.3 is 43.2 Å². The summed E-state index contributed by atoms with van der Waals surface area (Å²) in [6.07, 6.45) is 2.74. The summed E-state index contributed by atoms with van der Waals surface area (Å²) in [6.45, 7) is 0. The zero-order valence-corrected chi connectivity index (χ0v) is 22.8. The van der Waals surface area contributed by atoms with Crippen LogP contribution >= 0.6 is 11.8 Å². The number of carbonyl (C=O) groups is 6. The number of carboxylic acids is 1. The van der Waals surface area contributed by atoms with Crippen LogP contribution in [0.1, 0.15) is 31.2 Å². The first-order valence-electron chi connectivity index (χ1n) is 12.4. The van der Waals surface area contributed by atoms with Crippen molar-refractivity contribution in [2.45, 2.75) is 56.3 Å². The van der Waals surface area contributed by atoms with Crippen LogP contribution in [0.2, 0.25) is 0 Å². The molecule has 0 aliphatic carbocycles. The van der Waals surface area contributed by atoms with E-state index >= 15 is 0 Å². The van der Waals surface area contributed by atoms with Crippen molar-refractivity contribution >= 4 is 58.2 Å². The molecule has 14 nitrogen and oxygen atoms in total. The van der Waals surface area contributed by atoms with Crippen LogP contribution < -0.4 is 33.2 Å². The number of thioether (sulfide) groups is 1. The van der Waals surface area contributed by atoms with Crippen molar-refractivity contribution in [3.05, 3.63) is 36.0 Å². The maximum Gasteiger partial charge on any atom is 0.326 e. The first-order chi connectivity index (χ1) is 18.9. The van der Waals surface area contributed by atoms with E-state index in [-0.39, 0.29) is 25.7 Å². The Balaban J connectivity index is 2.15. The number of nitrogens with two attached hydrogens (primary N) is 3. The van der Waals surface area contributed by atoms with Gasteiger partial charge in [0.2, 0.25) is 29.5 Å². The van der Waals surface area contributed by atoms with Gasteiger partial charge in [-0.15, -0.1) is 0 Å². The van der Waals surface area contributed by atoms with Crippen LogP contribution in [0.5, 0.6) is 0 Å². The molecule has 15 heteroatoms. The number of amides is 5. The van der Waals surface area contributed by atoms with Crippen LogP contribution in [-0.2, 0) is 35.2 Å². The molecule has 0 radical (unpaired) electrons. The highest BCUT2D eigenvalue weighted by Crippen LogP contribution is 2.19. The van der Waals surface area contributed by atoms with Crippen molar-refractivity contribution in [3.63, 3.8) is 0 Å². The number of benzene rings is 1. The van der Waals surface area contributed by atoms with Gasteiger partial charge in [-0.1, -0.05) is 18.2 Å². The largest absolute Gasteiger partial charge is 0.480 e. The Bertz CT molecular complexity index is 1240. The molecule has 0 fully saturated rings. The average Bonchev–Trinajstić information content (AvgIpc) is 3.30. The second-order valence-electron chi connectivity index (χ2n) is 9.15. The number of rotatable bonds is 17. The molecule has 0 spiro atoms. The van der Waals surface area contributed by atoms with Crippen molar-refractivity contribution in [3.8, 4) is 0 Å². The highest BCUT2D eigenvalue weighted by Gasteiger charge is 2.31. The summed E-state index contributed by atoms with van der Waals surface area (Å²) in [4.78, 5) is 76.1. The molecule has 0 bridgehead atoms. The van der Waals surface area contributed by atoms with E-state index in [0.717, 1.165) is 16.5 Å². The molecular weight excluding hydrogens is 542 g/mol. The lowest BCUT2D eigenvalue weighted by Gasteiger charge is -2.25. The van der Waals surface area contributed by atoms with Crippen molar-refractivity contribution in [2.24, 2.45) is 17.2 Å². The Kier molecular flexibility index (Phi) is 12.4. The van der Waals surface area contributed by atoms with Crippen LogP contribution in [-0.4, -0.2) is 81.8 Å². The zero-order chi connectivity index (χ0) is 29.8. The van der Waals surface area contributed by atoms with Crippen LogP contribution in [0.4, 0.5) is 0 Å². The summed E-state index contributed by atoms with van der Waals surface area (Å²) in [5.41, 5.74) is 18.1. The summed E-state index contributed by atoms with van der Waals surface area (Å²) in [7, 11) is 0. The monoisotopic (exact) mass is 577 g/mol. The highest BCUT2D eigenvalue weighted by atomic mass is 32.2. The van der Waals surface area contributed by atoms with Gasteiger partial charge in [-0.3, -0.25) is 24.0 Å². The maximum atomic E-state index is 13.2. The standard InChI is InChI=1S/C25H35N7O7S/c1-40-9-8-18(24(37)32-19(25(38)39)11-21(28)34)31-23(36)17(6-7-20(27)33)30-22(35)15(26)10-13-12-29-16-5-3-2-4-14(13)16/h2-5,12,15,17-19,29H,6-11,26H2,1H3,(H2,27,33)(H2,28,34)(H,30,35)(H,31,36)(H,32,37)(H,38,39). The lowest BCUT2D eigenvalue weighted by Crippen LogP contribution is -2.57. The molecule has 0 saturated heterocycles. The first kappa shape index (κ1) is 32.1. The van der Waals surface area contributed by atoms with Gasteiger partial charge in [-0.05, 0) is 42.9 Å². The van der Waals surface area contributed by atoms with Crippen LogP contribution in [0.3, 0.4) is 0 Å². The highest BCUT2D eigenvalue weighted by molar-refractivity contribution is 7.98. The van der Waals surface area contributed by atoms with E-state index in [4.69, 9.17) is 17.2 Å². The number of para-hydroxylation sites is 1. The van der Waals surface area contributed by atoms with Crippen molar-refractivity contribution in [2.75, 3.05) is 12.0 Å². The van der Waals surface area contributed by atoms with Gasteiger partial charge in [0, 0.05) is 23.5 Å². The summed E-state index contributed by atoms with van der Waals surface area (Å²) in [6, 6.07) is 2.38. The molecule has 1 aromatic carbocycles. The Hall–Kier alpha value is -4.11. The maximum absolute atomic E-state index is 13.2. The number of H-pyrrole nitrogens is 1. The number of nitrogens with one attached hydrogen (secondary N) is 4. The van der Waals surface area contributed by atoms with Gasteiger partial charge in [0.1, 0.15) is 18.1 Å². The third-order valence-corrected chi connectivity index (χ3v) is 6.67. The van der Waals surface area contributed by atoms with E-state index in [1.165, 1.54) is 11.8 Å². The normalized spacial score (nSPS) is 13.9. The quantitative estimate of drug-likeness (QED) is 0.108. The Morgan fingerprint density at radius 2 is 1.50 bits per heavy atom. The topological polar surface area (TPSA) is 253 Å². The molecule has 218 valence electrons. The fourth-order valence-corrected chi connectivity index (χ4v) is 4.39. The number of carbonyl (C=O) groups excluding carboxylic acids is 5. The number of hydrogen-bond acceptors (Lipinski definition) is 8. The van der Waals surface area contributed by atoms with Crippen LogP contribution in [0.15, 0.2) is 30.5 Å². The van der Waals surface area contributed by atoms with Gasteiger partial charge in [0.05, 0.1) is 12.5 Å². The molecule has 2 aromatic rings. The van der Waals surface area contributed by atoms with Gasteiger partial charge in [-0.2, -0.15) is 11.8 Å². The number of aromatic nitrogens is 1. The van der Waals surface area contributed by atoms with E-state index in [9.17, 15) is 33.9 Å². The molecule has 0 saturated carbocycles. The minimum Gasteiger partial charge on any atom is -0.480 e. The van der Waals surface area contributed by atoms with E-state index in [0.29, 0.717) is 5.75 Å². The molecule has 2 rings (SSSR count). The number of carboxylic acid groups (broad SMARTS) is 1. The Morgan fingerprint density at radius 1 is 0.900 bits per heavy atom. The average molecular weight is 578 g/mol. The van der Waals surface area contributed by atoms with Gasteiger partial charge in [0.25, 0.3) is 0 Å². The molecule has 4 unspecified atom stereocenters. The van der Waals surface area contributed by atoms with Crippen molar-refractivity contribution in [1.29, 1.82) is 0 Å².